The first kappa shape index (κ1) is 10.6. The van der Waals surface area contributed by atoms with Gasteiger partial charge in [0.2, 0.25) is 0 Å². The molecule has 2 heterocycles. The number of hydrogen-bond donors (Lipinski definition) is 2. The zero-order valence-corrected chi connectivity index (χ0v) is 9.60. The van der Waals surface area contributed by atoms with Crippen LogP contribution in [0.15, 0.2) is 35.4 Å². The van der Waals surface area contributed by atoms with Crippen LogP contribution in [-0.2, 0) is 0 Å². The lowest BCUT2D eigenvalue weighted by Crippen LogP contribution is -2.06. The second-order valence-corrected chi connectivity index (χ2v) is 3.88. The van der Waals surface area contributed by atoms with Crippen molar-refractivity contribution in [3.63, 3.8) is 0 Å². The summed E-state index contributed by atoms with van der Waals surface area (Å²) in [6.07, 6.45) is 3.08. The molecule has 0 aliphatic rings. The summed E-state index contributed by atoms with van der Waals surface area (Å²) in [5, 5.41) is 11.6. The van der Waals surface area contributed by atoms with E-state index in [2.05, 4.69) is 9.97 Å². The monoisotopic (exact) mass is 242 g/mol. The first-order chi connectivity index (χ1) is 8.74. The van der Waals surface area contributed by atoms with E-state index in [0.29, 0.717) is 22.0 Å². The summed E-state index contributed by atoms with van der Waals surface area (Å²) in [6, 6.07) is 5.24. The predicted octanol–water partition coefficient (Wildman–Crippen LogP) is 1.79. The molecule has 0 atom stereocenters. The summed E-state index contributed by atoms with van der Waals surface area (Å²) in [6.45, 7) is 0. The first-order valence-electron chi connectivity index (χ1n) is 5.39. The molecule has 90 valence electrons. The number of phenolic OH excluding ortho intramolecular Hbond substituents is 1. The minimum atomic E-state index is -0.365. The molecule has 0 spiro atoms. The number of methoxy groups -OCH3 is 1. The van der Waals surface area contributed by atoms with Gasteiger partial charge in [0.15, 0.2) is 5.75 Å². The summed E-state index contributed by atoms with van der Waals surface area (Å²) < 4.78 is 5.35. The summed E-state index contributed by atoms with van der Waals surface area (Å²) in [4.78, 5) is 18.4. The van der Waals surface area contributed by atoms with Crippen molar-refractivity contribution in [1.29, 1.82) is 0 Å². The van der Waals surface area contributed by atoms with Crippen LogP contribution in [0.4, 0.5) is 0 Å². The summed E-state index contributed by atoms with van der Waals surface area (Å²) in [5.41, 5.74) is -0.00518. The third kappa shape index (κ3) is 1.27. The van der Waals surface area contributed by atoms with E-state index >= 15 is 0 Å². The van der Waals surface area contributed by atoms with Crippen molar-refractivity contribution in [2.24, 2.45) is 0 Å². The van der Waals surface area contributed by atoms with Gasteiger partial charge in [0.1, 0.15) is 11.3 Å². The maximum atomic E-state index is 11.8. The third-order valence-corrected chi connectivity index (χ3v) is 2.92. The van der Waals surface area contributed by atoms with Gasteiger partial charge in [-0.3, -0.25) is 9.78 Å². The van der Waals surface area contributed by atoms with Gasteiger partial charge in [-0.25, -0.2) is 0 Å². The van der Waals surface area contributed by atoms with E-state index in [9.17, 15) is 9.90 Å². The van der Waals surface area contributed by atoms with Crippen LogP contribution in [0.1, 0.15) is 0 Å². The molecule has 0 saturated carbocycles. The number of phenols is 1. The lowest BCUT2D eigenvalue weighted by Gasteiger charge is -2.10. The van der Waals surface area contributed by atoms with Crippen molar-refractivity contribution >= 4 is 21.7 Å². The molecule has 2 aromatic heterocycles. The SMILES string of the molecule is COc1c2cccnc2c(O)c2c(=O)[nH]ccc12. The Morgan fingerprint density at radius 2 is 2.17 bits per heavy atom. The standard InChI is InChI=1S/C13H10N2O3/c1-18-12-7-4-6-15-13(17)9(7)11(16)10-8(12)3-2-5-14-10/h2-6,16H,1H3,(H,15,17). The van der Waals surface area contributed by atoms with Crippen molar-refractivity contribution in [2.45, 2.75) is 0 Å². The maximum Gasteiger partial charge on any atom is 0.259 e. The number of H-pyrrole nitrogens is 1. The number of hydrogen-bond acceptors (Lipinski definition) is 4. The van der Waals surface area contributed by atoms with Gasteiger partial charge in [-0.2, -0.15) is 0 Å². The molecule has 0 aliphatic heterocycles. The Bertz CT molecular complexity index is 808. The van der Waals surface area contributed by atoms with Gasteiger partial charge in [-0.1, -0.05) is 0 Å². The van der Waals surface area contributed by atoms with E-state index < -0.39 is 0 Å². The number of pyridine rings is 2. The number of aromatic hydroxyl groups is 1. The van der Waals surface area contributed by atoms with Crippen LogP contribution >= 0.6 is 0 Å². The average Bonchev–Trinajstić information content (AvgIpc) is 2.39. The van der Waals surface area contributed by atoms with Crippen molar-refractivity contribution in [3.8, 4) is 11.5 Å². The minimum absolute atomic E-state index is 0.122. The second kappa shape index (κ2) is 3.73. The molecule has 2 N–H and O–H groups in total. The van der Waals surface area contributed by atoms with Crippen molar-refractivity contribution in [1.82, 2.24) is 9.97 Å². The highest BCUT2D eigenvalue weighted by Crippen LogP contribution is 2.38. The fourth-order valence-corrected chi connectivity index (χ4v) is 2.16. The lowest BCUT2D eigenvalue weighted by molar-refractivity contribution is 0.423. The van der Waals surface area contributed by atoms with Crippen LogP contribution in [0.2, 0.25) is 0 Å². The normalized spacial score (nSPS) is 10.9. The fourth-order valence-electron chi connectivity index (χ4n) is 2.16. The van der Waals surface area contributed by atoms with E-state index in [4.69, 9.17) is 4.74 Å². The highest BCUT2D eigenvalue weighted by Gasteiger charge is 2.16. The molecule has 0 unspecified atom stereocenters. The fraction of sp³-hybridized carbons (Fsp3) is 0.0769. The summed E-state index contributed by atoms with van der Waals surface area (Å²) in [5.74, 6) is 0.417. The topological polar surface area (TPSA) is 75.2 Å². The van der Waals surface area contributed by atoms with Crippen LogP contribution in [0.3, 0.4) is 0 Å². The molecule has 1 aromatic carbocycles. The van der Waals surface area contributed by atoms with Gasteiger partial charge in [0.25, 0.3) is 5.56 Å². The second-order valence-electron chi connectivity index (χ2n) is 3.88. The average molecular weight is 242 g/mol. The van der Waals surface area contributed by atoms with Gasteiger partial charge in [0.05, 0.1) is 12.5 Å². The molecule has 3 aromatic rings. The summed E-state index contributed by atoms with van der Waals surface area (Å²) in [7, 11) is 1.53. The maximum absolute atomic E-state index is 11.8. The van der Waals surface area contributed by atoms with E-state index in [-0.39, 0.29) is 16.7 Å². The Balaban J connectivity index is 2.71. The van der Waals surface area contributed by atoms with Gasteiger partial charge >= 0.3 is 0 Å². The van der Waals surface area contributed by atoms with Crippen LogP contribution < -0.4 is 10.3 Å². The molecule has 0 aliphatic carbocycles. The zero-order valence-electron chi connectivity index (χ0n) is 9.60. The predicted molar refractivity (Wildman–Crippen MR) is 68.1 cm³/mol. The number of fused-ring (bicyclic) bond motifs is 2. The molecule has 0 amide bonds. The van der Waals surface area contributed by atoms with Crippen molar-refractivity contribution in [2.75, 3.05) is 7.11 Å². The van der Waals surface area contributed by atoms with E-state index in [1.54, 1.807) is 24.4 Å². The van der Waals surface area contributed by atoms with Crippen molar-refractivity contribution < 1.29 is 9.84 Å². The Labute approximate surface area is 102 Å². The highest BCUT2D eigenvalue weighted by molar-refractivity contribution is 6.08. The van der Waals surface area contributed by atoms with E-state index in [0.717, 1.165) is 0 Å². The zero-order chi connectivity index (χ0) is 12.7. The minimum Gasteiger partial charge on any atom is -0.505 e. The molecule has 18 heavy (non-hydrogen) atoms. The van der Waals surface area contributed by atoms with E-state index in [1.807, 2.05) is 0 Å². The van der Waals surface area contributed by atoms with Crippen LogP contribution in [-0.4, -0.2) is 22.2 Å². The van der Waals surface area contributed by atoms with Crippen LogP contribution in [0.25, 0.3) is 21.7 Å². The smallest absolute Gasteiger partial charge is 0.259 e. The number of rotatable bonds is 1. The molecule has 5 nitrogen and oxygen atoms in total. The number of benzene rings is 1. The van der Waals surface area contributed by atoms with Crippen LogP contribution in [0, 0.1) is 0 Å². The molecule has 0 radical (unpaired) electrons. The molecular weight excluding hydrogens is 232 g/mol. The number of aromatic nitrogens is 2. The quantitative estimate of drug-likeness (QED) is 0.638. The number of ether oxygens (including phenoxy) is 1. The molecule has 0 fully saturated rings. The van der Waals surface area contributed by atoms with E-state index in [1.165, 1.54) is 13.3 Å². The Morgan fingerprint density at radius 3 is 2.94 bits per heavy atom. The van der Waals surface area contributed by atoms with Gasteiger partial charge in [-0.05, 0) is 18.2 Å². The first-order valence-corrected chi connectivity index (χ1v) is 5.39. The molecule has 3 rings (SSSR count). The number of aromatic amines is 1. The Kier molecular flexibility index (Phi) is 2.19. The molecule has 5 heteroatoms. The third-order valence-electron chi connectivity index (χ3n) is 2.92. The van der Waals surface area contributed by atoms with Gasteiger partial charge in [0, 0.05) is 23.2 Å². The lowest BCUT2D eigenvalue weighted by atomic mass is 10.1. The van der Waals surface area contributed by atoms with Crippen molar-refractivity contribution in [3.05, 3.63) is 40.9 Å². The molecule has 0 bridgehead atoms. The van der Waals surface area contributed by atoms with Gasteiger partial charge < -0.3 is 14.8 Å². The molecule has 0 saturated heterocycles. The Hall–Kier alpha value is -2.56. The largest absolute Gasteiger partial charge is 0.505 e. The van der Waals surface area contributed by atoms with Gasteiger partial charge in [-0.15, -0.1) is 0 Å². The number of nitrogens with zero attached hydrogens (tertiary/aromatic N) is 1. The Morgan fingerprint density at radius 1 is 1.33 bits per heavy atom. The summed E-state index contributed by atoms with van der Waals surface area (Å²) >= 11 is 0. The highest BCUT2D eigenvalue weighted by atomic mass is 16.5. The van der Waals surface area contributed by atoms with Crippen LogP contribution in [0.5, 0.6) is 11.5 Å². The number of nitrogens with one attached hydrogen (secondary N) is 1. The molecular formula is C13H10N2O3.